The molecule has 2 aromatic heterocycles. The molecule has 0 aliphatic carbocycles. The van der Waals surface area contributed by atoms with Gasteiger partial charge in [0, 0.05) is 35.8 Å². The summed E-state index contributed by atoms with van der Waals surface area (Å²) in [5.74, 6) is -0.820. The van der Waals surface area contributed by atoms with Crippen LogP contribution in [-0.4, -0.2) is 32.8 Å². The van der Waals surface area contributed by atoms with Gasteiger partial charge in [0.1, 0.15) is 12.0 Å². The van der Waals surface area contributed by atoms with Crippen molar-refractivity contribution in [2.24, 2.45) is 5.73 Å². The number of hydrogen-bond donors (Lipinski definition) is 4. The molecule has 2 amide bonds. The van der Waals surface area contributed by atoms with E-state index in [1.165, 1.54) is 29.8 Å². The molecule has 186 valence electrons. The third kappa shape index (κ3) is 7.72. The lowest BCUT2D eigenvalue weighted by atomic mass is 10.2. The molecule has 3 rings (SSSR count). The van der Waals surface area contributed by atoms with Gasteiger partial charge in [0.15, 0.2) is 5.13 Å². The normalized spacial score (nSPS) is 13.2. The molecule has 0 aliphatic rings. The average molecular weight is 508 g/mol. The third-order valence-corrected chi connectivity index (χ3v) is 5.95. The lowest BCUT2D eigenvalue weighted by molar-refractivity contribution is -0.137. The zero-order valence-corrected chi connectivity index (χ0v) is 19.7. The van der Waals surface area contributed by atoms with Gasteiger partial charge in [0.2, 0.25) is 5.91 Å². The van der Waals surface area contributed by atoms with Crippen molar-refractivity contribution >= 4 is 34.0 Å². The van der Waals surface area contributed by atoms with Crippen LogP contribution in [0.4, 0.5) is 24.0 Å². The van der Waals surface area contributed by atoms with Crippen LogP contribution in [0.1, 0.15) is 52.9 Å². The van der Waals surface area contributed by atoms with Crippen molar-refractivity contribution in [3.8, 4) is 0 Å². The predicted molar refractivity (Wildman–Crippen MR) is 125 cm³/mol. The molecule has 1 aromatic carbocycles. The number of carbonyl (C=O) groups excluding carboxylic acids is 2. The van der Waals surface area contributed by atoms with Crippen LogP contribution >= 0.6 is 11.3 Å². The minimum Gasteiger partial charge on any atom is -0.370 e. The first kappa shape index (κ1) is 26.0. The Morgan fingerprint density at radius 1 is 1.11 bits per heavy atom. The van der Waals surface area contributed by atoms with E-state index in [2.05, 4.69) is 30.9 Å². The van der Waals surface area contributed by atoms with Crippen molar-refractivity contribution in [3.05, 3.63) is 64.7 Å². The Kier molecular flexibility index (Phi) is 8.35. The van der Waals surface area contributed by atoms with Gasteiger partial charge in [-0.25, -0.2) is 15.0 Å². The quantitative estimate of drug-likeness (QED) is 0.330. The molecule has 1 unspecified atom stereocenters. The monoisotopic (exact) mass is 507 g/mol. The van der Waals surface area contributed by atoms with E-state index in [-0.39, 0.29) is 18.2 Å². The molecule has 3 aromatic rings. The Bertz CT molecular complexity index is 1170. The van der Waals surface area contributed by atoms with E-state index >= 15 is 0 Å². The molecule has 2 atom stereocenters. The van der Waals surface area contributed by atoms with Crippen molar-refractivity contribution in [1.29, 1.82) is 0 Å². The molecular weight excluding hydrogens is 483 g/mol. The summed E-state index contributed by atoms with van der Waals surface area (Å²) in [5, 5.41) is 9.37. The molecule has 0 saturated carbocycles. The van der Waals surface area contributed by atoms with E-state index in [9.17, 15) is 22.8 Å². The minimum atomic E-state index is -4.40. The van der Waals surface area contributed by atoms with Gasteiger partial charge < -0.3 is 21.7 Å². The van der Waals surface area contributed by atoms with Crippen LogP contribution in [-0.2, 0) is 17.5 Å². The zero-order chi connectivity index (χ0) is 25.6. The number of nitrogens with two attached hydrogens (primary N) is 1. The number of rotatable bonds is 10. The van der Waals surface area contributed by atoms with Crippen LogP contribution in [0, 0.1) is 0 Å². The number of hydrogen-bond acceptors (Lipinski definition) is 8. The molecular formula is C22H24F3N7O2S. The van der Waals surface area contributed by atoms with Gasteiger partial charge in [-0.3, -0.25) is 9.59 Å². The molecule has 0 spiro atoms. The lowest BCUT2D eigenvalue weighted by Gasteiger charge is -2.13. The van der Waals surface area contributed by atoms with E-state index in [0.29, 0.717) is 23.1 Å². The molecule has 35 heavy (non-hydrogen) atoms. The Morgan fingerprint density at radius 2 is 1.83 bits per heavy atom. The van der Waals surface area contributed by atoms with Crippen LogP contribution in [0.2, 0.25) is 0 Å². The highest BCUT2D eigenvalue weighted by molar-refractivity contribution is 7.15. The topological polar surface area (TPSA) is 135 Å². The van der Waals surface area contributed by atoms with E-state index < -0.39 is 29.6 Å². The zero-order valence-electron chi connectivity index (χ0n) is 18.9. The molecule has 0 fully saturated rings. The maximum Gasteiger partial charge on any atom is 0.416 e. The van der Waals surface area contributed by atoms with Gasteiger partial charge in [0.05, 0.1) is 17.3 Å². The minimum absolute atomic E-state index is 0.142. The van der Waals surface area contributed by atoms with E-state index in [1.807, 2.05) is 6.92 Å². The highest BCUT2D eigenvalue weighted by Gasteiger charge is 2.30. The molecule has 9 nitrogen and oxygen atoms in total. The number of thiazole rings is 1. The number of amides is 2. The number of anilines is 2. The molecule has 0 aliphatic heterocycles. The fourth-order valence-corrected chi connectivity index (χ4v) is 3.86. The second kappa shape index (κ2) is 11.2. The fourth-order valence-electron chi connectivity index (χ4n) is 3.02. The van der Waals surface area contributed by atoms with Gasteiger partial charge in [0.25, 0.3) is 5.91 Å². The van der Waals surface area contributed by atoms with Gasteiger partial charge >= 0.3 is 6.18 Å². The first-order valence-electron chi connectivity index (χ1n) is 10.5. The Labute approximate surface area is 203 Å². The van der Waals surface area contributed by atoms with Crippen molar-refractivity contribution in [2.75, 3.05) is 5.32 Å². The smallest absolute Gasteiger partial charge is 0.370 e. The van der Waals surface area contributed by atoms with Crippen molar-refractivity contribution in [3.63, 3.8) is 0 Å². The second-order valence-electron chi connectivity index (χ2n) is 7.81. The maximum absolute atomic E-state index is 12.7. The van der Waals surface area contributed by atoms with Gasteiger partial charge in [-0.05, 0) is 44.2 Å². The standard InChI is InChI=1S/C22H24F3N7O2S/c1-12(7-19(26)33)27-9-16-8-17(30-11-29-16)20(34)31-13(2)18-10-28-21(35-18)32-15-5-3-14(4-6-15)22(23,24)25/h3-6,8,10-13,27H,7,9H2,1-2H3,(H2,26,33)(H,28,32)(H,31,34)/t12-,13?/m1/s1. The molecule has 0 saturated heterocycles. The number of primary amides is 1. The van der Waals surface area contributed by atoms with Crippen LogP contribution in [0.3, 0.4) is 0 Å². The van der Waals surface area contributed by atoms with Crippen molar-refractivity contribution in [2.45, 2.75) is 45.1 Å². The number of benzene rings is 1. The second-order valence-corrected chi connectivity index (χ2v) is 8.87. The van der Waals surface area contributed by atoms with Crippen LogP contribution < -0.4 is 21.7 Å². The molecule has 2 heterocycles. The SMILES string of the molecule is CC(NC(=O)c1cc(CN[C@H](C)CC(N)=O)ncn1)c1cnc(Nc2ccc(C(F)(F)F)cc2)s1. The average Bonchev–Trinajstić information content (AvgIpc) is 3.26. The number of carbonyl (C=O) groups is 2. The van der Waals surface area contributed by atoms with E-state index in [4.69, 9.17) is 5.73 Å². The Morgan fingerprint density at radius 3 is 2.49 bits per heavy atom. The Balaban J connectivity index is 1.57. The van der Waals surface area contributed by atoms with Gasteiger partial charge in [-0.1, -0.05) is 11.3 Å². The number of nitrogens with zero attached hydrogens (tertiary/aromatic N) is 3. The van der Waals surface area contributed by atoms with Crippen molar-refractivity contribution in [1.82, 2.24) is 25.6 Å². The summed E-state index contributed by atoms with van der Waals surface area (Å²) < 4.78 is 38.1. The molecule has 13 heteroatoms. The highest BCUT2D eigenvalue weighted by atomic mass is 32.1. The van der Waals surface area contributed by atoms with Crippen LogP contribution in [0.25, 0.3) is 0 Å². The summed E-state index contributed by atoms with van der Waals surface area (Å²) in [7, 11) is 0. The molecule has 0 bridgehead atoms. The summed E-state index contributed by atoms with van der Waals surface area (Å²) in [6, 6.07) is 5.65. The summed E-state index contributed by atoms with van der Waals surface area (Å²) in [4.78, 5) is 36.8. The van der Waals surface area contributed by atoms with Crippen LogP contribution in [0.15, 0.2) is 42.9 Å². The summed E-state index contributed by atoms with van der Waals surface area (Å²) in [6.45, 7) is 3.93. The number of nitrogens with one attached hydrogen (secondary N) is 3. The fraction of sp³-hybridized carbons (Fsp3) is 0.318. The third-order valence-electron chi connectivity index (χ3n) is 4.86. The summed E-state index contributed by atoms with van der Waals surface area (Å²) in [5.41, 5.74) is 5.66. The lowest BCUT2D eigenvalue weighted by Crippen LogP contribution is -2.31. The highest BCUT2D eigenvalue weighted by Crippen LogP contribution is 2.31. The first-order valence-corrected chi connectivity index (χ1v) is 11.4. The summed E-state index contributed by atoms with van der Waals surface area (Å²) in [6.07, 6.45) is -1.35. The number of alkyl halides is 3. The molecule has 5 N–H and O–H groups in total. The molecule has 0 radical (unpaired) electrons. The largest absolute Gasteiger partial charge is 0.416 e. The number of aromatic nitrogens is 3. The van der Waals surface area contributed by atoms with E-state index in [1.54, 1.807) is 19.2 Å². The van der Waals surface area contributed by atoms with E-state index in [0.717, 1.165) is 17.0 Å². The van der Waals surface area contributed by atoms with Gasteiger partial charge in [-0.15, -0.1) is 0 Å². The van der Waals surface area contributed by atoms with Gasteiger partial charge in [-0.2, -0.15) is 13.2 Å². The predicted octanol–water partition coefficient (Wildman–Crippen LogP) is 3.54. The number of halogens is 3. The summed E-state index contributed by atoms with van der Waals surface area (Å²) >= 11 is 1.26. The van der Waals surface area contributed by atoms with Crippen molar-refractivity contribution < 1.29 is 22.8 Å². The maximum atomic E-state index is 12.7. The van der Waals surface area contributed by atoms with Crippen LogP contribution in [0.5, 0.6) is 0 Å². The first-order chi connectivity index (χ1) is 16.5. The Hall–Kier alpha value is -3.58.